The third-order valence-electron chi connectivity index (χ3n) is 5.66. The lowest BCUT2D eigenvalue weighted by molar-refractivity contribution is 0.240. The first-order valence-corrected chi connectivity index (χ1v) is 13.7. The summed E-state index contributed by atoms with van der Waals surface area (Å²) >= 11 is 0. The van der Waals surface area contributed by atoms with Crippen LogP contribution in [0.3, 0.4) is 0 Å². The van der Waals surface area contributed by atoms with Crippen LogP contribution >= 0.6 is 0 Å². The molecule has 41 heavy (non-hydrogen) atoms. The van der Waals surface area contributed by atoms with Crippen LogP contribution in [0, 0.1) is 0 Å². The zero-order chi connectivity index (χ0) is 29.7. The molecule has 0 aliphatic heterocycles. The van der Waals surface area contributed by atoms with E-state index in [4.69, 9.17) is 28.9 Å². The van der Waals surface area contributed by atoms with Gasteiger partial charge >= 0.3 is 0 Å². The summed E-state index contributed by atoms with van der Waals surface area (Å²) in [6.07, 6.45) is -0.122. The van der Waals surface area contributed by atoms with Crippen LogP contribution in [0.25, 0.3) is 34.2 Å². The fraction of sp³-hybridized carbons (Fsp3) is 0.344. The molecule has 0 bridgehead atoms. The van der Waals surface area contributed by atoms with Crippen LogP contribution in [-0.4, -0.2) is 50.1 Å². The Kier molecular flexibility index (Phi) is 9.17. The van der Waals surface area contributed by atoms with Gasteiger partial charge in [-0.2, -0.15) is 0 Å². The molecule has 3 aromatic carbocycles. The van der Waals surface area contributed by atoms with Gasteiger partial charge in [0.15, 0.2) is 17.5 Å². The molecule has 0 unspecified atom stereocenters. The minimum atomic E-state index is -0.0547. The second kappa shape index (κ2) is 12.8. The summed E-state index contributed by atoms with van der Waals surface area (Å²) in [6, 6.07) is 15.4. The van der Waals surface area contributed by atoms with Gasteiger partial charge in [-0.25, -0.2) is 15.0 Å². The van der Waals surface area contributed by atoms with Crippen LogP contribution in [-0.2, 0) is 0 Å². The lowest BCUT2D eigenvalue weighted by atomic mass is 10.1. The third kappa shape index (κ3) is 7.36. The van der Waals surface area contributed by atoms with Gasteiger partial charge in [-0.05, 0) is 84.9 Å². The highest BCUT2D eigenvalue weighted by Gasteiger charge is 2.20. The molecule has 0 saturated heterocycles. The molecule has 1 heterocycles. The maximum absolute atomic E-state index is 10.9. The van der Waals surface area contributed by atoms with Crippen LogP contribution < -0.4 is 18.9 Å². The Morgan fingerprint density at radius 3 is 1.29 bits per heavy atom. The standard InChI is InChI=1S/C32H37N3O6/c1-8-38-29-17-23(41-20(6)7)11-14-26(29)32-34-30(24-12-9-21(15-27(24)36)39-18(2)3)33-31(35-32)25-13-10-22(16-28(25)37)40-19(4)5/h9-20,36-37H,8H2,1-7H3. The molecule has 0 fully saturated rings. The first kappa shape index (κ1) is 29.5. The van der Waals surface area contributed by atoms with Crippen LogP contribution in [0.4, 0.5) is 0 Å². The summed E-state index contributed by atoms with van der Waals surface area (Å²) in [4.78, 5) is 14.1. The SMILES string of the molecule is CCOc1cc(OC(C)C)ccc1-c1nc(-c2ccc(OC(C)C)cc2O)nc(-c2ccc(OC(C)C)cc2O)n1. The van der Waals surface area contributed by atoms with E-state index in [0.29, 0.717) is 52.1 Å². The number of aromatic hydroxyl groups is 2. The normalized spacial score (nSPS) is 11.3. The van der Waals surface area contributed by atoms with E-state index in [0.717, 1.165) is 0 Å². The zero-order valence-electron chi connectivity index (χ0n) is 24.5. The number of ether oxygens (including phenoxy) is 4. The van der Waals surface area contributed by atoms with Crippen LogP contribution in [0.1, 0.15) is 48.5 Å². The molecule has 216 valence electrons. The highest BCUT2D eigenvalue weighted by molar-refractivity contribution is 5.74. The van der Waals surface area contributed by atoms with E-state index in [1.54, 1.807) is 30.3 Å². The molecular weight excluding hydrogens is 522 g/mol. The Bertz CT molecular complexity index is 1430. The van der Waals surface area contributed by atoms with E-state index in [9.17, 15) is 10.2 Å². The summed E-state index contributed by atoms with van der Waals surface area (Å²) in [5.74, 6) is 2.84. The van der Waals surface area contributed by atoms with E-state index in [1.165, 1.54) is 12.1 Å². The molecule has 0 saturated carbocycles. The van der Waals surface area contributed by atoms with E-state index >= 15 is 0 Å². The summed E-state index contributed by atoms with van der Waals surface area (Å²) in [5.41, 5.74) is 1.36. The predicted octanol–water partition coefficient (Wildman–Crippen LogP) is 7.04. The Morgan fingerprint density at radius 2 is 0.927 bits per heavy atom. The molecule has 9 heteroatoms. The quantitative estimate of drug-likeness (QED) is 0.199. The molecule has 1 aromatic heterocycles. The van der Waals surface area contributed by atoms with E-state index < -0.39 is 0 Å². The summed E-state index contributed by atoms with van der Waals surface area (Å²) < 4.78 is 23.3. The lowest BCUT2D eigenvalue weighted by Gasteiger charge is -2.16. The average Bonchev–Trinajstić information content (AvgIpc) is 2.88. The zero-order valence-corrected chi connectivity index (χ0v) is 24.5. The van der Waals surface area contributed by atoms with Crippen molar-refractivity contribution in [2.24, 2.45) is 0 Å². The Hall–Kier alpha value is -4.53. The van der Waals surface area contributed by atoms with Crippen molar-refractivity contribution in [3.05, 3.63) is 54.6 Å². The van der Waals surface area contributed by atoms with Crippen molar-refractivity contribution in [2.45, 2.75) is 66.8 Å². The molecular formula is C32H37N3O6. The van der Waals surface area contributed by atoms with Gasteiger partial charge in [-0.3, -0.25) is 0 Å². The lowest BCUT2D eigenvalue weighted by Crippen LogP contribution is -2.07. The molecule has 4 aromatic rings. The molecule has 2 N–H and O–H groups in total. The molecule has 0 aliphatic rings. The van der Waals surface area contributed by atoms with E-state index in [1.807, 2.05) is 60.6 Å². The minimum Gasteiger partial charge on any atom is -0.507 e. The average molecular weight is 560 g/mol. The van der Waals surface area contributed by atoms with Gasteiger partial charge in [-0.1, -0.05) is 0 Å². The van der Waals surface area contributed by atoms with Crippen molar-refractivity contribution in [1.29, 1.82) is 0 Å². The third-order valence-corrected chi connectivity index (χ3v) is 5.66. The summed E-state index contributed by atoms with van der Waals surface area (Å²) in [6.45, 7) is 13.8. The van der Waals surface area contributed by atoms with Crippen molar-refractivity contribution in [3.63, 3.8) is 0 Å². The van der Waals surface area contributed by atoms with Gasteiger partial charge in [-0.15, -0.1) is 0 Å². The number of benzene rings is 3. The molecule has 0 amide bonds. The maximum atomic E-state index is 10.9. The number of phenols is 2. The predicted molar refractivity (Wildman–Crippen MR) is 158 cm³/mol. The number of nitrogens with zero attached hydrogens (tertiary/aromatic N) is 3. The number of aromatic nitrogens is 3. The molecule has 0 radical (unpaired) electrons. The number of hydrogen-bond acceptors (Lipinski definition) is 9. The van der Waals surface area contributed by atoms with Gasteiger partial charge in [0.05, 0.1) is 41.6 Å². The van der Waals surface area contributed by atoms with E-state index in [-0.39, 0.29) is 41.5 Å². The van der Waals surface area contributed by atoms with Crippen molar-refractivity contribution in [1.82, 2.24) is 15.0 Å². The summed E-state index contributed by atoms with van der Waals surface area (Å²) in [5, 5.41) is 21.9. The van der Waals surface area contributed by atoms with Crippen LogP contribution in [0.15, 0.2) is 54.6 Å². The van der Waals surface area contributed by atoms with Crippen molar-refractivity contribution in [3.8, 4) is 68.7 Å². The topological polar surface area (TPSA) is 116 Å². The largest absolute Gasteiger partial charge is 0.507 e. The number of phenolic OH excluding ortho intramolecular Hbond substituents is 2. The van der Waals surface area contributed by atoms with Crippen molar-refractivity contribution < 1.29 is 29.2 Å². The second-order valence-electron chi connectivity index (χ2n) is 10.3. The van der Waals surface area contributed by atoms with E-state index in [2.05, 4.69) is 4.98 Å². The Morgan fingerprint density at radius 1 is 0.561 bits per heavy atom. The second-order valence-corrected chi connectivity index (χ2v) is 10.3. The number of hydrogen-bond donors (Lipinski definition) is 2. The first-order valence-electron chi connectivity index (χ1n) is 13.7. The molecule has 4 rings (SSSR count). The molecule has 0 atom stereocenters. The Balaban J connectivity index is 1.89. The van der Waals surface area contributed by atoms with Gasteiger partial charge in [0, 0.05) is 18.2 Å². The fourth-order valence-electron chi connectivity index (χ4n) is 4.14. The minimum absolute atomic E-state index is 0.0121. The monoisotopic (exact) mass is 559 g/mol. The highest BCUT2D eigenvalue weighted by atomic mass is 16.5. The Labute approximate surface area is 240 Å². The van der Waals surface area contributed by atoms with Gasteiger partial charge < -0.3 is 29.2 Å². The van der Waals surface area contributed by atoms with Crippen molar-refractivity contribution in [2.75, 3.05) is 6.61 Å². The van der Waals surface area contributed by atoms with Crippen molar-refractivity contribution >= 4 is 0 Å². The highest BCUT2D eigenvalue weighted by Crippen LogP contribution is 2.38. The molecule has 9 nitrogen and oxygen atoms in total. The summed E-state index contributed by atoms with van der Waals surface area (Å²) in [7, 11) is 0. The van der Waals surface area contributed by atoms with Crippen LogP contribution in [0.2, 0.25) is 0 Å². The van der Waals surface area contributed by atoms with Gasteiger partial charge in [0.1, 0.15) is 34.5 Å². The maximum Gasteiger partial charge on any atom is 0.167 e. The van der Waals surface area contributed by atoms with Crippen LogP contribution in [0.5, 0.6) is 34.5 Å². The smallest absolute Gasteiger partial charge is 0.167 e. The van der Waals surface area contributed by atoms with Gasteiger partial charge in [0.2, 0.25) is 0 Å². The fourth-order valence-corrected chi connectivity index (χ4v) is 4.14. The molecule has 0 aliphatic carbocycles. The number of rotatable bonds is 11. The van der Waals surface area contributed by atoms with Gasteiger partial charge in [0.25, 0.3) is 0 Å². The first-order chi connectivity index (χ1) is 19.5. The molecule has 0 spiro atoms.